The van der Waals surface area contributed by atoms with E-state index in [1.54, 1.807) is 5.32 Å². The summed E-state index contributed by atoms with van der Waals surface area (Å²) < 4.78 is 53.4. The third kappa shape index (κ3) is 6.08. The molecule has 2 aromatic rings. The summed E-state index contributed by atoms with van der Waals surface area (Å²) in [6, 6.07) is 6.08. The highest BCUT2D eigenvalue weighted by Gasteiger charge is 2.20. The molecular formula is C19H14F4N2O4S. The molecule has 0 aromatic heterocycles. The molecular weight excluding hydrogens is 428 g/mol. The SMILES string of the molecule is C/C(=C\C(=O)Nc1ccc(SCC(=O)Nc2c(F)c(F)cc(F)c2F)cc1)C(=O)O. The summed E-state index contributed by atoms with van der Waals surface area (Å²) in [7, 11) is 0. The lowest BCUT2D eigenvalue weighted by molar-refractivity contribution is -0.132. The largest absolute Gasteiger partial charge is 0.478 e. The van der Waals surface area contributed by atoms with Crippen molar-refractivity contribution in [1.82, 2.24) is 0 Å². The van der Waals surface area contributed by atoms with Gasteiger partial charge >= 0.3 is 5.97 Å². The molecule has 11 heteroatoms. The van der Waals surface area contributed by atoms with Crippen molar-refractivity contribution in [3.8, 4) is 0 Å². The van der Waals surface area contributed by atoms with Gasteiger partial charge in [-0.2, -0.15) is 0 Å². The third-order valence-corrected chi connectivity index (χ3v) is 4.56. The summed E-state index contributed by atoms with van der Waals surface area (Å²) in [5, 5.41) is 13.0. The number of carboxylic acid groups (broad SMARTS) is 1. The van der Waals surface area contributed by atoms with Crippen LogP contribution in [-0.4, -0.2) is 28.6 Å². The first-order chi connectivity index (χ1) is 14.1. The number of halogens is 4. The summed E-state index contributed by atoms with van der Waals surface area (Å²) in [5.41, 5.74) is -0.986. The van der Waals surface area contributed by atoms with Gasteiger partial charge in [-0.3, -0.25) is 9.59 Å². The molecule has 0 atom stereocenters. The van der Waals surface area contributed by atoms with Crippen molar-refractivity contribution < 1.29 is 37.1 Å². The zero-order valence-electron chi connectivity index (χ0n) is 15.3. The number of anilines is 2. The molecule has 2 amide bonds. The zero-order valence-corrected chi connectivity index (χ0v) is 16.1. The van der Waals surface area contributed by atoms with Crippen molar-refractivity contribution in [2.24, 2.45) is 0 Å². The number of carboxylic acids is 1. The summed E-state index contributed by atoms with van der Waals surface area (Å²) in [5.74, 6) is -9.76. The van der Waals surface area contributed by atoms with Crippen LogP contribution in [0.3, 0.4) is 0 Å². The number of hydrogen-bond acceptors (Lipinski definition) is 4. The maximum Gasteiger partial charge on any atom is 0.331 e. The smallest absolute Gasteiger partial charge is 0.331 e. The van der Waals surface area contributed by atoms with Gasteiger partial charge in [0.15, 0.2) is 23.3 Å². The predicted molar refractivity (Wildman–Crippen MR) is 102 cm³/mol. The second-order valence-electron chi connectivity index (χ2n) is 5.83. The first-order valence-corrected chi connectivity index (χ1v) is 9.15. The van der Waals surface area contributed by atoms with Gasteiger partial charge in [0.25, 0.3) is 0 Å². The van der Waals surface area contributed by atoms with E-state index in [1.807, 2.05) is 0 Å². The minimum Gasteiger partial charge on any atom is -0.478 e. The molecule has 0 saturated heterocycles. The van der Waals surface area contributed by atoms with Crippen molar-refractivity contribution in [3.05, 3.63) is 65.2 Å². The van der Waals surface area contributed by atoms with Gasteiger partial charge < -0.3 is 15.7 Å². The summed E-state index contributed by atoms with van der Waals surface area (Å²) in [6.45, 7) is 1.27. The van der Waals surface area contributed by atoms with E-state index in [0.717, 1.165) is 17.8 Å². The van der Waals surface area contributed by atoms with Gasteiger partial charge in [0, 0.05) is 28.3 Å². The summed E-state index contributed by atoms with van der Waals surface area (Å²) in [6.07, 6.45) is 0.919. The molecule has 0 heterocycles. The first kappa shape index (κ1) is 22.9. The van der Waals surface area contributed by atoms with Crippen LogP contribution in [0.2, 0.25) is 0 Å². The molecule has 2 rings (SSSR count). The van der Waals surface area contributed by atoms with Crippen LogP contribution in [0.25, 0.3) is 0 Å². The Bertz CT molecular complexity index is 1000. The van der Waals surface area contributed by atoms with Crippen LogP contribution in [0.4, 0.5) is 28.9 Å². The molecule has 158 valence electrons. The molecule has 2 aromatic carbocycles. The maximum absolute atomic E-state index is 13.6. The second kappa shape index (κ2) is 9.92. The molecule has 0 spiro atoms. The Morgan fingerprint density at radius 2 is 1.57 bits per heavy atom. The number of thioether (sulfide) groups is 1. The fraction of sp³-hybridized carbons (Fsp3) is 0.105. The van der Waals surface area contributed by atoms with Gasteiger partial charge in [0.1, 0.15) is 5.69 Å². The van der Waals surface area contributed by atoms with Crippen molar-refractivity contribution in [3.63, 3.8) is 0 Å². The number of amides is 2. The van der Waals surface area contributed by atoms with Crippen LogP contribution >= 0.6 is 11.8 Å². The minimum absolute atomic E-state index is 0.0359. The molecule has 0 aliphatic rings. The number of nitrogens with one attached hydrogen (secondary N) is 2. The molecule has 0 fully saturated rings. The Labute approximate surface area is 172 Å². The highest BCUT2D eigenvalue weighted by Crippen LogP contribution is 2.25. The fourth-order valence-corrected chi connectivity index (χ4v) is 2.78. The molecule has 3 N–H and O–H groups in total. The van der Waals surface area contributed by atoms with Crippen molar-refractivity contribution in [2.45, 2.75) is 11.8 Å². The highest BCUT2D eigenvalue weighted by molar-refractivity contribution is 8.00. The Morgan fingerprint density at radius 1 is 1.00 bits per heavy atom. The van der Waals surface area contributed by atoms with Crippen LogP contribution in [0.1, 0.15) is 6.92 Å². The molecule has 0 aliphatic heterocycles. The Kier molecular flexibility index (Phi) is 7.59. The van der Waals surface area contributed by atoms with Crippen LogP contribution in [0.15, 0.2) is 46.9 Å². The van der Waals surface area contributed by atoms with Gasteiger partial charge in [-0.1, -0.05) is 0 Å². The van der Waals surface area contributed by atoms with Gasteiger partial charge in [0.2, 0.25) is 11.8 Å². The van der Waals surface area contributed by atoms with E-state index in [-0.39, 0.29) is 17.4 Å². The fourth-order valence-electron chi connectivity index (χ4n) is 2.08. The van der Waals surface area contributed by atoms with E-state index < -0.39 is 46.7 Å². The summed E-state index contributed by atoms with van der Waals surface area (Å²) in [4.78, 5) is 34.8. The summed E-state index contributed by atoms with van der Waals surface area (Å²) >= 11 is 0.963. The van der Waals surface area contributed by atoms with Crippen LogP contribution in [0, 0.1) is 23.3 Å². The second-order valence-corrected chi connectivity index (χ2v) is 6.87. The molecule has 0 radical (unpaired) electrons. The number of carbonyl (C=O) groups is 3. The van der Waals surface area contributed by atoms with Crippen molar-refractivity contribution >= 4 is 40.9 Å². The highest BCUT2D eigenvalue weighted by atomic mass is 32.2. The standard InChI is InChI=1S/C19H14F4N2O4S/c1-9(19(28)29)6-14(26)24-10-2-4-11(5-3-10)30-8-15(27)25-18-16(22)12(20)7-13(21)17(18)23/h2-7H,8H2,1H3,(H,24,26)(H,25,27)(H,28,29)/b9-6+. The van der Waals surface area contributed by atoms with Gasteiger partial charge in [-0.05, 0) is 31.2 Å². The lowest BCUT2D eigenvalue weighted by Gasteiger charge is -2.09. The molecule has 0 saturated carbocycles. The number of carbonyl (C=O) groups excluding carboxylic acids is 2. The average Bonchev–Trinajstić information content (AvgIpc) is 2.69. The normalized spacial score (nSPS) is 11.2. The van der Waals surface area contributed by atoms with Crippen LogP contribution in [-0.2, 0) is 14.4 Å². The first-order valence-electron chi connectivity index (χ1n) is 8.16. The van der Waals surface area contributed by atoms with Gasteiger partial charge in [0.05, 0.1) is 5.75 Å². The number of hydrogen-bond donors (Lipinski definition) is 3. The van der Waals surface area contributed by atoms with Crippen molar-refractivity contribution in [1.29, 1.82) is 0 Å². The third-order valence-electron chi connectivity index (χ3n) is 3.55. The van der Waals surface area contributed by atoms with Crippen molar-refractivity contribution in [2.75, 3.05) is 16.4 Å². The molecule has 6 nitrogen and oxygen atoms in total. The number of rotatable bonds is 7. The molecule has 0 aliphatic carbocycles. The zero-order chi connectivity index (χ0) is 22.4. The molecule has 0 unspecified atom stereocenters. The quantitative estimate of drug-likeness (QED) is 0.261. The Balaban J connectivity index is 1.94. The van der Waals surface area contributed by atoms with E-state index in [9.17, 15) is 31.9 Å². The van der Waals surface area contributed by atoms with E-state index in [4.69, 9.17) is 5.11 Å². The predicted octanol–water partition coefficient (Wildman–Crippen LogP) is 3.94. The lowest BCUT2D eigenvalue weighted by Crippen LogP contribution is -2.17. The minimum atomic E-state index is -1.71. The van der Waals surface area contributed by atoms with E-state index in [1.165, 1.54) is 31.2 Å². The Hall–Kier alpha value is -3.34. The number of aliphatic carboxylic acids is 1. The van der Waals surface area contributed by atoms with E-state index >= 15 is 0 Å². The lowest BCUT2D eigenvalue weighted by atomic mass is 10.2. The molecule has 0 bridgehead atoms. The monoisotopic (exact) mass is 442 g/mol. The van der Waals surface area contributed by atoms with Gasteiger partial charge in [-0.15, -0.1) is 11.8 Å². The maximum atomic E-state index is 13.6. The Morgan fingerprint density at radius 3 is 2.10 bits per heavy atom. The molecule has 30 heavy (non-hydrogen) atoms. The van der Waals surface area contributed by atoms with E-state index in [2.05, 4.69) is 5.32 Å². The average molecular weight is 442 g/mol. The van der Waals surface area contributed by atoms with Crippen LogP contribution < -0.4 is 10.6 Å². The topological polar surface area (TPSA) is 95.5 Å². The number of benzene rings is 2. The van der Waals surface area contributed by atoms with Gasteiger partial charge in [-0.25, -0.2) is 22.4 Å². The van der Waals surface area contributed by atoms with Crippen LogP contribution in [0.5, 0.6) is 0 Å². The van der Waals surface area contributed by atoms with E-state index in [0.29, 0.717) is 10.6 Å².